The number of fused-ring (bicyclic) bond motifs is 10. The summed E-state index contributed by atoms with van der Waals surface area (Å²) in [6.07, 6.45) is 17.6. The van der Waals surface area contributed by atoms with E-state index in [-0.39, 0.29) is 28.6 Å². The highest BCUT2D eigenvalue weighted by molar-refractivity contribution is 6.10. The van der Waals surface area contributed by atoms with Crippen LogP contribution in [-0.2, 0) is 10.8 Å². The van der Waals surface area contributed by atoms with Crippen LogP contribution in [0.5, 0.6) is 0 Å². The summed E-state index contributed by atoms with van der Waals surface area (Å²) in [4.78, 5) is 2.48. The zero-order chi connectivity index (χ0) is 50.5. The van der Waals surface area contributed by atoms with Crippen LogP contribution in [0.1, 0.15) is 59.6 Å². The first kappa shape index (κ1) is 44.5. The zero-order valence-corrected chi connectivity index (χ0v) is 42.7. The van der Waals surface area contributed by atoms with Crippen LogP contribution in [0, 0.1) is 11.8 Å². The molecule has 15 rings (SSSR count). The Bertz CT molecular complexity index is 4240. The maximum absolute atomic E-state index is 6.55. The van der Waals surface area contributed by atoms with Crippen molar-refractivity contribution >= 4 is 55.3 Å². The average molecular weight is 974 g/mol. The molecule has 0 aliphatic heterocycles. The van der Waals surface area contributed by atoms with Gasteiger partial charge in [0, 0.05) is 55.8 Å². The van der Waals surface area contributed by atoms with Crippen LogP contribution >= 0.6 is 0 Å². The van der Waals surface area contributed by atoms with Gasteiger partial charge in [-0.25, -0.2) is 0 Å². The molecule has 0 N–H and O–H groups in total. The highest BCUT2D eigenvalue weighted by atomic mass is 16.3. The van der Waals surface area contributed by atoms with Gasteiger partial charge in [-0.05, 0) is 127 Å². The summed E-state index contributed by atoms with van der Waals surface area (Å²) in [5.74, 6) is 0.684. The molecule has 10 aromatic carbocycles. The minimum atomic E-state index is -0.307. The van der Waals surface area contributed by atoms with E-state index in [1.807, 2.05) is 6.07 Å². The van der Waals surface area contributed by atoms with Gasteiger partial charge in [-0.15, -0.1) is 0 Å². The van der Waals surface area contributed by atoms with Crippen molar-refractivity contribution in [3.63, 3.8) is 0 Å². The van der Waals surface area contributed by atoms with Crippen LogP contribution in [0.3, 0.4) is 0 Å². The van der Waals surface area contributed by atoms with Gasteiger partial charge in [0.2, 0.25) is 0 Å². The van der Waals surface area contributed by atoms with Crippen molar-refractivity contribution < 1.29 is 4.42 Å². The molecular weight excluding hydrogens is 919 g/mol. The third-order valence-corrected chi connectivity index (χ3v) is 17.7. The van der Waals surface area contributed by atoms with Gasteiger partial charge in [0.25, 0.3) is 0 Å². The largest absolute Gasteiger partial charge is 0.455 e. The summed E-state index contributed by atoms with van der Waals surface area (Å²) < 4.78 is 6.55. The molecule has 4 aliphatic rings. The highest BCUT2D eigenvalue weighted by Gasteiger charge is 2.56. The van der Waals surface area contributed by atoms with Crippen LogP contribution in [0.4, 0.5) is 17.1 Å². The number of rotatable bonds is 8. The fraction of sp³-hybridized carbons (Fsp3) is 0.108. The minimum absolute atomic E-state index is 0.161. The number of nitrogens with zero attached hydrogens (tertiary/aromatic N) is 1. The predicted molar refractivity (Wildman–Crippen MR) is 318 cm³/mol. The molecular formula is C74H55NO. The zero-order valence-electron chi connectivity index (χ0n) is 42.7. The lowest BCUT2D eigenvalue weighted by Crippen LogP contribution is -2.41. The lowest BCUT2D eigenvalue weighted by molar-refractivity contribution is 0.303. The van der Waals surface area contributed by atoms with E-state index in [4.69, 9.17) is 4.42 Å². The molecule has 0 saturated carbocycles. The number of hydrogen-bond acceptors (Lipinski definition) is 2. The molecule has 4 atom stereocenters. The summed E-state index contributed by atoms with van der Waals surface area (Å²) >= 11 is 0. The summed E-state index contributed by atoms with van der Waals surface area (Å²) in [5, 5.41) is 4.68. The molecule has 0 fully saturated rings. The standard InChI is InChI=1S/C74H55NO/c1-73(2)65-33-16-14-27-59(65)60-43-41-54(47-67(60)73)75(53-39-36-49(37-40-53)57-31-18-32-63-62-29-15-17-35-70(62)76-72(57)63)69-45-44-55(58-26-12-13-28-61(58)69)50-38-42-64-68(46-50)74(51-22-8-4-9-23-51,52-24-10-5-11-25-52)66-34-19-30-56(71(64)66)48-20-6-3-7-21-48/h3-24,26-47,52,66,71H,25H2,1-2H3. The molecule has 0 saturated heterocycles. The van der Waals surface area contributed by atoms with Crippen LogP contribution in [-0.4, -0.2) is 0 Å². The Morgan fingerprint density at radius 3 is 1.97 bits per heavy atom. The van der Waals surface area contributed by atoms with Gasteiger partial charge in [-0.3, -0.25) is 0 Å². The maximum Gasteiger partial charge on any atom is 0.143 e. The molecule has 76 heavy (non-hydrogen) atoms. The van der Waals surface area contributed by atoms with Crippen molar-refractivity contribution in [3.8, 4) is 33.4 Å². The molecule has 0 bridgehead atoms. The molecule has 0 spiro atoms. The number of para-hydroxylation sites is 2. The second kappa shape index (κ2) is 17.3. The Kier molecular flexibility index (Phi) is 10.1. The highest BCUT2D eigenvalue weighted by Crippen LogP contribution is 2.64. The predicted octanol–water partition coefficient (Wildman–Crippen LogP) is 19.6. The first-order chi connectivity index (χ1) is 37.5. The normalized spacial score (nSPS) is 19.6. The third-order valence-electron chi connectivity index (χ3n) is 17.7. The summed E-state index contributed by atoms with van der Waals surface area (Å²) in [6, 6.07) is 83.8. The van der Waals surface area contributed by atoms with Crippen molar-refractivity contribution in [2.75, 3.05) is 4.90 Å². The molecule has 362 valence electrons. The van der Waals surface area contributed by atoms with Crippen molar-refractivity contribution in [2.45, 2.75) is 37.0 Å². The van der Waals surface area contributed by atoms with Gasteiger partial charge in [0.15, 0.2) is 0 Å². The van der Waals surface area contributed by atoms with E-state index in [1.54, 1.807) is 0 Å². The van der Waals surface area contributed by atoms with Crippen LogP contribution < -0.4 is 4.90 Å². The molecule has 2 nitrogen and oxygen atoms in total. The Morgan fingerprint density at radius 2 is 1.14 bits per heavy atom. The van der Waals surface area contributed by atoms with E-state index in [0.717, 1.165) is 56.5 Å². The maximum atomic E-state index is 6.55. The topological polar surface area (TPSA) is 16.4 Å². The van der Waals surface area contributed by atoms with Crippen molar-refractivity contribution in [1.29, 1.82) is 0 Å². The Balaban J connectivity index is 0.911. The van der Waals surface area contributed by atoms with Crippen LogP contribution in [0.2, 0.25) is 0 Å². The molecule has 2 heteroatoms. The first-order valence-corrected chi connectivity index (χ1v) is 27.0. The summed E-state index contributed by atoms with van der Waals surface area (Å²) in [7, 11) is 0. The quantitative estimate of drug-likeness (QED) is 0.151. The lowest BCUT2D eigenvalue weighted by atomic mass is 9.58. The van der Waals surface area contributed by atoms with Crippen LogP contribution in [0.25, 0.3) is 71.7 Å². The lowest BCUT2D eigenvalue weighted by Gasteiger charge is -2.44. The van der Waals surface area contributed by atoms with Gasteiger partial charge in [-0.2, -0.15) is 0 Å². The SMILES string of the molecule is CC1(C)c2ccccc2-c2ccc(N(c3ccc(-c4cccc5c4oc4ccccc45)cc3)c3ccc(-c4ccc5c(c4)C(c4ccccc4)(C4C=CC=CC4)C4C=CC=C(c6ccccc6)C54)c4ccccc34)cc21. The monoisotopic (exact) mass is 973 g/mol. The molecule has 0 radical (unpaired) electrons. The van der Waals surface area contributed by atoms with Gasteiger partial charge < -0.3 is 9.32 Å². The molecule has 0 amide bonds. The number of allylic oxidation sites excluding steroid dienone is 8. The van der Waals surface area contributed by atoms with Gasteiger partial charge in [-0.1, -0.05) is 238 Å². The first-order valence-electron chi connectivity index (χ1n) is 27.0. The van der Waals surface area contributed by atoms with Gasteiger partial charge in [0.05, 0.1) is 5.69 Å². The van der Waals surface area contributed by atoms with Crippen LogP contribution in [0.15, 0.2) is 271 Å². The molecule has 4 unspecified atom stereocenters. The van der Waals surface area contributed by atoms with E-state index in [9.17, 15) is 0 Å². The van der Waals surface area contributed by atoms with E-state index in [2.05, 4.69) is 280 Å². The number of hydrogen-bond donors (Lipinski definition) is 0. The van der Waals surface area contributed by atoms with E-state index in [1.165, 1.54) is 72.0 Å². The fourth-order valence-electron chi connectivity index (χ4n) is 14.3. The Morgan fingerprint density at radius 1 is 0.461 bits per heavy atom. The number of furan rings is 1. The molecule has 4 aliphatic carbocycles. The molecule has 1 aromatic heterocycles. The van der Waals surface area contributed by atoms with Crippen molar-refractivity contribution in [1.82, 2.24) is 0 Å². The summed E-state index contributed by atoms with van der Waals surface area (Å²) in [6.45, 7) is 4.75. The Hall–Kier alpha value is -8.98. The average Bonchev–Trinajstić information content (AvgIpc) is 4.19. The second-order valence-corrected chi connectivity index (χ2v) is 21.8. The molecule has 11 aromatic rings. The van der Waals surface area contributed by atoms with E-state index in [0.29, 0.717) is 0 Å². The molecule has 1 heterocycles. The summed E-state index contributed by atoms with van der Waals surface area (Å²) in [5.41, 5.74) is 21.6. The smallest absolute Gasteiger partial charge is 0.143 e. The Labute approximate surface area is 444 Å². The second-order valence-electron chi connectivity index (χ2n) is 21.8. The number of anilines is 3. The van der Waals surface area contributed by atoms with Crippen molar-refractivity contribution in [3.05, 3.63) is 300 Å². The fourth-order valence-corrected chi connectivity index (χ4v) is 14.3. The van der Waals surface area contributed by atoms with Crippen molar-refractivity contribution in [2.24, 2.45) is 11.8 Å². The third kappa shape index (κ3) is 6.59. The van der Waals surface area contributed by atoms with Gasteiger partial charge in [0.1, 0.15) is 11.2 Å². The minimum Gasteiger partial charge on any atom is -0.455 e. The van der Waals surface area contributed by atoms with Gasteiger partial charge >= 0.3 is 0 Å². The van der Waals surface area contributed by atoms with E-state index >= 15 is 0 Å². The number of benzene rings is 10. The van der Waals surface area contributed by atoms with E-state index < -0.39 is 0 Å².